The van der Waals surface area contributed by atoms with E-state index >= 15 is 0 Å². The Morgan fingerprint density at radius 2 is 2.10 bits per heavy atom. The summed E-state index contributed by atoms with van der Waals surface area (Å²) >= 11 is 0. The van der Waals surface area contributed by atoms with Crippen molar-refractivity contribution in [2.24, 2.45) is 0 Å². The quantitative estimate of drug-likeness (QED) is 0.761. The number of carbonyl (C=O) groups is 1. The molecule has 1 amide bonds. The normalized spacial score (nSPS) is 10.5. The molecule has 3 aromatic rings. The molecule has 7 heteroatoms. The van der Waals surface area contributed by atoms with Crippen LogP contribution in [0.25, 0.3) is 0 Å². The van der Waals surface area contributed by atoms with E-state index in [1.54, 1.807) is 35.5 Å². The Balaban J connectivity index is 1.59. The summed E-state index contributed by atoms with van der Waals surface area (Å²) in [5.41, 5.74) is 1.62. The van der Waals surface area contributed by atoms with Crippen molar-refractivity contribution in [3.05, 3.63) is 65.9 Å². The zero-order valence-corrected chi connectivity index (χ0v) is 11.1. The molecular weight excluding hydrogens is 270 g/mol. The van der Waals surface area contributed by atoms with Crippen molar-refractivity contribution in [1.82, 2.24) is 25.5 Å². The van der Waals surface area contributed by atoms with Gasteiger partial charge in [0.2, 0.25) is 0 Å². The summed E-state index contributed by atoms with van der Waals surface area (Å²) in [6.45, 7) is 0.944. The molecule has 21 heavy (non-hydrogen) atoms. The standard InChI is InChI=1S/C14H13N5O2/c20-14(15-8-13-2-1-7-21-13)12-5-3-11(4-6-12)9-19-10-16-17-18-19/h1-7,10H,8-9H2,(H,15,20). The molecule has 0 aliphatic carbocycles. The lowest BCUT2D eigenvalue weighted by molar-refractivity contribution is 0.0948. The van der Waals surface area contributed by atoms with Crippen LogP contribution in [0.15, 0.2) is 53.4 Å². The lowest BCUT2D eigenvalue weighted by Gasteiger charge is -2.05. The van der Waals surface area contributed by atoms with Crippen molar-refractivity contribution in [2.45, 2.75) is 13.1 Å². The molecule has 0 saturated heterocycles. The fourth-order valence-electron chi connectivity index (χ4n) is 1.88. The van der Waals surface area contributed by atoms with Gasteiger partial charge in [0.05, 0.1) is 19.4 Å². The first-order chi connectivity index (χ1) is 10.3. The van der Waals surface area contributed by atoms with Gasteiger partial charge in [0, 0.05) is 5.56 Å². The molecule has 3 rings (SSSR count). The number of benzene rings is 1. The van der Waals surface area contributed by atoms with Crippen LogP contribution in [-0.2, 0) is 13.1 Å². The summed E-state index contributed by atoms with van der Waals surface area (Å²) in [6, 6.07) is 10.9. The van der Waals surface area contributed by atoms with E-state index in [0.29, 0.717) is 18.7 Å². The van der Waals surface area contributed by atoms with Gasteiger partial charge in [-0.05, 0) is 40.3 Å². The molecular formula is C14H13N5O2. The highest BCUT2D eigenvalue weighted by molar-refractivity contribution is 5.94. The largest absolute Gasteiger partial charge is 0.467 e. The van der Waals surface area contributed by atoms with E-state index in [1.807, 2.05) is 18.2 Å². The van der Waals surface area contributed by atoms with Gasteiger partial charge in [-0.3, -0.25) is 4.79 Å². The van der Waals surface area contributed by atoms with Crippen molar-refractivity contribution in [2.75, 3.05) is 0 Å². The molecule has 1 aromatic carbocycles. The number of nitrogens with one attached hydrogen (secondary N) is 1. The molecule has 0 atom stereocenters. The predicted molar refractivity (Wildman–Crippen MR) is 73.2 cm³/mol. The zero-order chi connectivity index (χ0) is 14.5. The summed E-state index contributed by atoms with van der Waals surface area (Å²) in [5, 5.41) is 13.7. The monoisotopic (exact) mass is 283 g/mol. The summed E-state index contributed by atoms with van der Waals surface area (Å²) in [5.74, 6) is 0.582. The second-order valence-electron chi connectivity index (χ2n) is 4.47. The Morgan fingerprint density at radius 1 is 1.24 bits per heavy atom. The molecule has 0 aliphatic heterocycles. The maximum atomic E-state index is 12.0. The lowest BCUT2D eigenvalue weighted by atomic mass is 10.1. The lowest BCUT2D eigenvalue weighted by Crippen LogP contribution is -2.22. The molecule has 0 bridgehead atoms. The van der Waals surface area contributed by atoms with Crippen molar-refractivity contribution in [3.8, 4) is 0 Å². The molecule has 7 nitrogen and oxygen atoms in total. The van der Waals surface area contributed by atoms with Gasteiger partial charge in [-0.2, -0.15) is 0 Å². The number of hydrogen-bond acceptors (Lipinski definition) is 5. The van der Waals surface area contributed by atoms with Gasteiger partial charge >= 0.3 is 0 Å². The number of aromatic nitrogens is 4. The fraction of sp³-hybridized carbons (Fsp3) is 0.143. The van der Waals surface area contributed by atoms with Crippen LogP contribution in [0.2, 0.25) is 0 Å². The van der Waals surface area contributed by atoms with E-state index in [2.05, 4.69) is 20.8 Å². The van der Waals surface area contributed by atoms with Crippen LogP contribution in [0.4, 0.5) is 0 Å². The molecule has 2 heterocycles. The van der Waals surface area contributed by atoms with Crippen LogP contribution in [0.1, 0.15) is 21.7 Å². The third-order valence-corrected chi connectivity index (χ3v) is 2.96. The molecule has 106 valence electrons. The maximum absolute atomic E-state index is 12.0. The minimum Gasteiger partial charge on any atom is -0.467 e. The molecule has 0 unspecified atom stereocenters. The molecule has 0 saturated carbocycles. The van der Waals surface area contributed by atoms with Crippen LogP contribution in [-0.4, -0.2) is 26.1 Å². The third kappa shape index (κ3) is 3.33. The average molecular weight is 283 g/mol. The van der Waals surface area contributed by atoms with Gasteiger partial charge in [0.1, 0.15) is 12.1 Å². The van der Waals surface area contributed by atoms with Crippen LogP contribution >= 0.6 is 0 Å². The maximum Gasteiger partial charge on any atom is 0.251 e. The first-order valence-corrected chi connectivity index (χ1v) is 6.41. The summed E-state index contributed by atoms with van der Waals surface area (Å²) in [4.78, 5) is 12.0. The number of amides is 1. The Morgan fingerprint density at radius 3 is 2.76 bits per heavy atom. The molecule has 0 aliphatic rings. The van der Waals surface area contributed by atoms with E-state index < -0.39 is 0 Å². The van der Waals surface area contributed by atoms with Crippen LogP contribution in [0, 0.1) is 0 Å². The third-order valence-electron chi connectivity index (χ3n) is 2.96. The van der Waals surface area contributed by atoms with Crippen LogP contribution in [0.3, 0.4) is 0 Å². The predicted octanol–water partition coefficient (Wildman–Crippen LogP) is 1.24. The fourth-order valence-corrected chi connectivity index (χ4v) is 1.88. The molecule has 2 aromatic heterocycles. The Kier molecular flexibility index (Phi) is 3.72. The van der Waals surface area contributed by atoms with Gasteiger partial charge in [0.15, 0.2) is 0 Å². The molecule has 0 radical (unpaired) electrons. The van der Waals surface area contributed by atoms with E-state index in [4.69, 9.17) is 4.42 Å². The first-order valence-electron chi connectivity index (χ1n) is 6.41. The highest BCUT2D eigenvalue weighted by Crippen LogP contribution is 2.06. The van der Waals surface area contributed by atoms with Crippen LogP contribution in [0.5, 0.6) is 0 Å². The number of carbonyl (C=O) groups excluding carboxylic acids is 1. The Bertz CT molecular complexity index is 690. The highest BCUT2D eigenvalue weighted by atomic mass is 16.3. The van der Waals surface area contributed by atoms with E-state index in [-0.39, 0.29) is 5.91 Å². The summed E-state index contributed by atoms with van der Waals surface area (Å²) in [6.07, 6.45) is 3.12. The Hall–Kier alpha value is -2.96. The minimum absolute atomic E-state index is 0.139. The topological polar surface area (TPSA) is 85.8 Å². The van der Waals surface area contributed by atoms with Crippen LogP contribution < -0.4 is 5.32 Å². The van der Waals surface area contributed by atoms with Crippen molar-refractivity contribution < 1.29 is 9.21 Å². The number of hydrogen-bond donors (Lipinski definition) is 1. The number of furan rings is 1. The van der Waals surface area contributed by atoms with Gasteiger partial charge < -0.3 is 9.73 Å². The van der Waals surface area contributed by atoms with Crippen molar-refractivity contribution in [3.63, 3.8) is 0 Å². The molecule has 1 N–H and O–H groups in total. The molecule has 0 spiro atoms. The summed E-state index contributed by atoms with van der Waals surface area (Å²) < 4.78 is 6.78. The summed E-state index contributed by atoms with van der Waals surface area (Å²) in [7, 11) is 0. The smallest absolute Gasteiger partial charge is 0.251 e. The zero-order valence-electron chi connectivity index (χ0n) is 11.1. The second kappa shape index (κ2) is 6.00. The van der Waals surface area contributed by atoms with Gasteiger partial charge in [-0.25, -0.2) is 4.68 Å². The van der Waals surface area contributed by atoms with E-state index in [0.717, 1.165) is 11.3 Å². The number of rotatable bonds is 5. The first kappa shape index (κ1) is 13.0. The number of tetrazole rings is 1. The second-order valence-corrected chi connectivity index (χ2v) is 4.47. The number of nitrogens with zero attached hydrogens (tertiary/aromatic N) is 4. The van der Waals surface area contributed by atoms with E-state index in [9.17, 15) is 4.79 Å². The average Bonchev–Trinajstić information content (AvgIpc) is 3.19. The van der Waals surface area contributed by atoms with Crippen molar-refractivity contribution in [1.29, 1.82) is 0 Å². The minimum atomic E-state index is -0.139. The molecule has 0 fully saturated rings. The van der Waals surface area contributed by atoms with Gasteiger partial charge in [0.25, 0.3) is 5.91 Å². The SMILES string of the molecule is O=C(NCc1ccco1)c1ccc(Cn2cnnn2)cc1. The van der Waals surface area contributed by atoms with Gasteiger partial charge in [-0.1, -0.05) is 12.1 Å². The Labute approximate surface area is 120 Å². The van der Waals surface area contributed by atoms with Crippen molar-refractivity contribution >= 4 is 5.91 Å². The van der Waals surface area contributed by atoms with Gasteiger partial charge in [-0.15, -0.1) is 5.10 Å². The highest BCUT2D eigenvalue weighted by Gasteiger charge is 2.06. The van der Waals surface area contributed by atoms with E-state index in [1.165, 1.54) is 0 Å².